The van der Waals surface area contributed by atoms with Gasteiger partial charge in [0, 0.05) is 18.1 Å². The van der Waals surface area contributed by atoms with Crippen LogP contribution in [0.1, 0.15) is 44.2 Å². The molecule has 0 bridgehead atoms. The lowest BCUT2D eigenvalue weighted by Crippen LogP contribution is -2.40. The van der Waals surface area contributed by atoms with E-state index in [-0.39, 0.29) is 29.3 Å². The maximum atomic E-state index is 12.1. The third kappa shape index (κ3) is 5.80. The number of sulfonamides is 1. The lowest BCUT2D eigenvalue weighted by molar-refractivity contribution is 0.0917. The molecule has 2 rings (SSSR count). The van der Waals surface area contributed by atoms with Crippen LogP contribution in [0.15, 0.2) is 21.6 Å². The summed E-state index contributed by atoms with van der Waals surface area (Å²) in [5.41, 5.74) is 5.26. The number of hydrogen-bond acceptors (Lipinski definition) is 5. The summed E-state index contributed by atoms with van der Waals surface area (Å²) in [6.07, 6.45) is 2.19. The van der Waals surface area contributed by atoms with Crippen molar-refractivity contribution in [3.8, 4) is 0 Å². The quantitative estimate of drug-likeness (QED) is 0.701. The number of amides is 1. The SMILES string of the molecule is CC(C)(C)NS(=O)(=O)c1ccc(C(=O)NCC(N)C2CC2)o1.Cl. The van der Waals surface area contributed by atoms with Gasteiger partial charge in [-0.15, -0.1) is 12.4 Å². The smallest absolute Gasteiger partial charge is 0.287 e. The van der Waals surface area contributed by atoms with E-state index in [0.29, 0.717) is 12.5 Å². The van der Waals surface area contributed by atoms with E-state index >= 15 is 0 Å². The normalized spacial score (nSPS) is 16.5. The van der Waals surface area contributed by atoms with Gasteiger partial charge in [-0.1, -0.05) is 0 Å². The van der Waals surface area contributed by atoms with E-state index in [1.54, 1.807) is 20.8 Å². The minimum atomic E-state index is -3.79. The molecular weight excluding hydrogens is 342 g/mol. The van der Waals surface area contributed by atoms with Gasteiger partial charge < -0.3 is 15.5 Å². The zero-order chi connectivity index (χ0) is 16.5. The Morgan fingerprint density at radius 2 is 2.00 bits per heavy atom. The van der Waals surface area contributed by atoms with E-state index in [4.69, 9.17) is 10.2 Å². The van der Waals surface area contributed by atoms with Gasteiger partial charge in [-0.05, 0) is 51.7 Å². The molecule has 0 saturated heterocycles. The molecule has 1 amide bonds. The molecule has 1 aliphatic rings. The van der Waals surface area contributed by atoms with Crippen molar-refractivity contribution in [2.45, 2.75) is 50.3 Å². The molecule has 1 atom stereocenters. The maximum absolute atomic E-state index is 12.1. The van der Waals surface area contributed by atoms with Gasteiger partial charge in [0.15, 0.2) is 5.76 Å². The average Bonchev–Trinajstić information content (AvgIpc) is 3.09. The van der Waals surface area contributed by atoms with E-state index in [9.17, 15) is 13.2 Å². The van der Waals surface area contributed by atoms with E-state index in [1.807, 2.05) is 0 Å². The number of furan rings is 1. The first-order valence-electron chi connectivity index (χ1n) is 7.26. The second-order valence-electron chi connectivity index (χ2n) is 6.69. The fraction of sp³-hybridized carbons (Fsp3) is 0.643. The lowest BCUT2D eigenvalue weighted by Gasteiger charge is -2.19. The molecule has 4 N–H and O–H groups in total. The Bertz CT molecular complexity index is 647. The van der Waals surface area contributed by atoms with Crippen LogP contribution in [0.4, 0.5) is 0 Å². The molecule has 23 heavy (non-hydrogen) atoms. The molecule has 1 fully saturated rings. The van der Waals surface area contributed by atoms with Crippen LogP contribution in [-0.4, -0.2) is 32.5 Å². The highest BCUT2D eigenvalue weighted by molar-refractivity contribution is 7.89. The highest BCUT2D eigenvalue weighted by atomic mass is 35.5. The van der Waals surface area contributed by atoms with Crippen molar-refractivity contribution in [3.05, 3.63) is 17.9 Å². The zero-order valence-corrected chi connectivity index (χ0v) is 15.1. The molecule has 7 nitrogen and oxygen atoms in total. The van der Waals surface area contributed by atoms with E-state index in [1.165, 1.54) is 12.1 Å². The molecule has 1 aliphatic carbocycles. The highest BCUT2D eigenvalue weighted by Crippen LogP contribution is 2.31. The van der Waals surface area contributed by atoms with Crippen molar-refractivity contribution >= 4 is 28.3 Å². The second-order valence-corrected chi connectivity index (χ2v) is 8.30. The van der Waals surface area contributed by atoms with Crippen LogP contribution < -0.4 is 15.8 Å². The third-order valence-corrected chi connectivity index (χ3v) is 4.87. The maximum Gasteiger partial charge on any atom is 0.287 e. The first-order valence-corrected chi connectivity index (χ1v) is 8.74. The minimum absolute atomic E-state index is 0. The number of hydrogen-bond donors (Lipinski definition) is 3. The Kier molecular flexibility index (Phi) is 6.25. The molecule has 0 spiro atoms. The van der Waals surface area contributed by atoms with Crippen LogP contribution in [0.25, 0.3) is 0 Å². The van der Waals surface area contributed by atoms with Crippen molar-refractivity contribution in [2.75, 3.05) is 6.54 Å². The summed E-state index contributed by atoms with van der Waals surface area (Å²) in [6.45, 7) is 5.52. The van der Waals surface area contributed by atoms with Gasteiger partial charge >= 0.3 is 0 Å². The molecule has 1 unspecified atom stereocenters. The number of carbonyl (C=O) groups excluding carboxylic acids is 1. The predicted molar refractivity (Wildman–Crippen MR) is 89.1 cm³/mol. The average molecular weight is 366 g/mol. The highest BCUT2D eigenvalue weighted by Gasteiger charge is 2.29. The molecule has 132 valence electrons. The molecule has 1 aromatic rings. The van der Waals surface area contributed by atoms with E-state index in [0.717, 1.165) is 12.8 Å². The van der Waals surface area contributed by atoms with Gasteiger partial charge in [0.05, 0.1) is 0 Å². The van der Waals surface area contributed by atoms with Crippen LogP contribution in [0.3, 0.4) is 0 Å². The largest absolute Gasteiger partial charge is 0.438 e. The summed E-state index contributed by atoms with van der Waals surface area (Å²) in [7, 11) is -3.79. The van der Waals surface area contributed by atoms with Crippen LogP contribution in [0.5, 0.6) is 0 Å². The van der Waals surface area contributed by atoms with E-state index in [2.05, 4.69) is 10.0 Å². The Balaban J connectivity index is 0.00000264. The van der Waals surface area contributed by atoms with Crippen molar-refractivity contribution in [2.24, 2.45) is 11.7 Å². The van der Waals surface area contributed by atoms with Crippen LogP contribution >= 0.6 is 12.4 Å². The van der Waals surface area contributed by atoms with Gasteiger partial charge in [0.1, 0.15) is 0 Å². The Hall–Kier alpha value is -1.09. The first kappa shape index (κ1) is 20.0. The monoisotopic (exact) mass is 365 g/mol. The van der Waals surface area contributed by atoms with Gasteiger partial charge in [0.2, 0.25) is 5.09 Å². The second kappa shape index (κ2) is 7.21. The predicted octanol–water partition coefficient (Wildman–Crippen LogP) is 1.25. The third-order valence-electron chi connectivity index (χ3n) is 3.24. The summed E-state index contributed by atoms with van der Waals surface area (Å²) in [5.74, 6) is -0.0329. The van der Waals surface area contributed by atoms with Crippen molar-refractivity contribution in [1.29, 1.82) is 0 Å². The van der Waals surface area contributed by atoms with Crippen molar-refractivity contribution in [1.82, 2.24) is 10.0 Å². The molecule has 9 heteroatoms. The van der Waals surface area contributed by atoms with Crippen LogP contribution in [-0.2, 0) is 10.0 Å². The van der Waals surface area contributed by atoms with Gasteiger partial charge in [0.25, 0.3) is 15.9 Å². The molecule has 0 aromatic carbocycles. The Morgan fingerprint density at radius 3 is 2.52 bits per heavy atom. The number of rotatable bonds is 6. The van der Waals surface area contributed by atoms with Crippen molar-refractivity contribution in [3.63, 3.8) is 0 Å². The lowest BCUT2D eigenvalue weighted by atomic mass is 10.1. The van der Waals surface area contributed by atoms with Crippen LogP contribution in [0, 0.1) is 5.92 Å². The molecule has 0 aliphatic heterocycles. The summed E-state index contributed by atoms with van der Waals surface area (Å²) >= 11 is 0. The number of halogens is 1. The summed E-state index contributed by atoms with van der Waals surface area (Å²) in [6, 6.07) is 2.55. The number of nitrogens with two attached hydrogens (primary N) is 1. The fourth-order valence-corrected chi connectivity index (χ4v) is 3.38. The fourth-order valence-electron chi connectivity index (χ4n) is 2.03. The van der Waals surface area contributed by atoms with Gasteiger partial charge in [-0.2, -0.15) is 0 Å². The van der Waals surface area contributed by atoms with Gasteiger partial charge in [-0.3, -0.25) is 4.79 Å². The van der Waals surface area contributed by atoms with Crippen LogP contribution in [0.2, 0.25) is 0 Å². The standard InChI is InChI=1S/C14H23N3O4S.ClH/c1-14(2,3)17-22(19,20)12-7-6-11(21-12)13(18)16-8-10(15)9-4-5-9;/h6-7,9-10,17H,4-5,8,15H2,1-3H3,(H,16,18);1H. The minimum Gasteiger partial charge on any atom is -0.438 e. The molecule has 1 aromatic heterocycles. The number of nitrogens with one attached hydrogen (secondary N) is 2. The Labute approximate surface area is 142 Å². The molecule has 0 radical (unpaired) electrons. The van der Waals surface area contributed by atoms with E-state index < -0.39 is 21.5 Å². The zero-order valence-electron chi connectivity index (χ0n) is 13.5. The summed E-state index contributed by atoms with van der Waals surface area (Å²) in [5, 5.41) is 2.38. The summed E-state index contributed by atoms with van der Waals surface area (Å²) < 4.78 is 31.8. The van der Waals surface area contributed by atoms with Gasteiger partial charge in [-0.25, -0.2) is 13.1 Å². The Morgan fingerprint density at radius 1 is 1.39 bits per heavy atom. The number of carbonyl (C=O) groups is 1. The molecule has 1 heterocycles. The molecular formula is C14H24ClN3O4S. The van der Waals surface area contributed by atoms with Crippen molar-refractivity contribution < 1.29 is 17.6 Å². The molecule has 1 saturated carbocycles. The first-order chi connectivity index (χ1) is 10.1. The summed E-state index contributed by atoms with van der Waals surface area (Å²) in [4.78, 5) is 11.9. The topological polar surface area (TPSA) is 114 Å².